The summed E-state index contributed by atoms with van der Waals surface area (Å²) >= 11 is 9.78. The number of carbonyl (C=O) groups excluding carboxylic acids is 1. The lowest BCUT2D eigenvalue weighted by molar-refractivity contribution is -0.117. The summed E-state index contributed by atoms with van der Waals surface area (Å²) in [6.45, 7) is 6.87. The van der Waals surface area contributed by atoms with Crippen LogP contribution in [-0.4, -0.2) is 22.3 Å². The Morgan fingerprint density at radius 3 is 2.69 bits per heavy atom. The van der Waals surface area contributed by atoms with Gasteiger partial charge in [0, 0.05) is 29.1 Å². The second-order valence-electron chi connectivity index (χ2n) is 8.52. The Balaban J connectivity index is 1.79. The zero-order valence-corrected chi connectivity index (χ0v) is 21.5. The zero-order chi connectivity index (χ0) is 23.1. The fraction of sp³-hybridized carbons (Fsp3) is 0.480. The third-order valence-electron chi connectivity index (χ3n) is 6.33. The number of ketones is 1. The topological polar surface area (TPSA) is 58.1 Å². The minimum atomic E-state index is 0.0438. The van der Waals surface area contributed by atoms with E-state index in [1.54, 1.807) is 19.3 Å². The molecule has 0 radical (unpaired) electrons. The average molecular weight is 520 g/mol. The molecule has 0 amide bonds. The summed E-state index contributed by atoms with van der Waals surface area (Å²) < 4.78 is 0.708. The number of hydrogen-bond acceptors (Lipinski definition) is 5. The molecule has 5 nitrogen and oxygen atoms in total. The lowest BCUT2D eigenvalue weighted by Gasteiger charge is -2.31. The van der Waals surface area contributed by atoms with Crippen LogP contribution in [0, 0.1) is 0 Å². The molecule has 0 aliphatic carbocycles. The molecule has 0 bridgehead atoms. The van der Waals surface area contributed by atoms with Crippen molar-refractivity contribution in [1.82, 2.24) is 9.97 Å². The fourth-order valence-electron chi connectivity index (χ4n) is 4.54. The molecule has 1 aliphatic heterocycles. The largest absolute Gasteiger partial charge is 0.327 e. The van der Waals surface area contributed by atoms with Gasteiger partial charge in [0.25, 0.3) is 0 Å². The monoisotopic (exact) mass is 518 g/mol. The number of unbranched alkanes of at least 4 members (excludes halogenated alkanes) is 3. The molecule has 32 heavy (non-hydrogen) atoms. The first-order valence-electron chi connectivity index (χ1n) is 11.4. The molecule has 1 atom stereocenters. The van der Waals surface area contributed by atoms with E-state index < -0.39 is 0 Å². The third kappa shape index (κ3) is 5.90. The molecule has 1 aromatic heterocycles. The highest BCUT2D eigenvalue weighted by Crippen LogP contribution is 2.48. The number of aromatic nitrogens is 2. The molecule has 0 saturated heterocycles. The average Bonchev–Trinajstić information content (AvgIpc) is 3.09. The van der Waals surface area contributed by atoms with Gasteiger partial charge in [-0.2, -0.15) is 0 Å². The standard InChI is InChI=1S/C25H32BrClN4O/c1-4-24(30-23-16-28-22(26)15-29-23)31-17-25(5-2,13-9-7-6-8-10-18(3)32)20-14-19(27)11-12-21(20)31/h4,11-12,14-16H,5-10,13,17H2,1-3H3,(H,29,30). The number of Topliss-reactive ketones (excluding diaryl/α,β-unsaturated/α-hetero) is 1. The van der Waals surface area contributed by atoms with Gasteiger partial charge in [0.2, 0.25) is 0 Å². The number of halogens is 2. The predicted octanol–water partition coefficient (Wildman–Crippen LogP) is 7.26. The first-order valence-corrected chi connectivity index (χ1v) is 12.5. The van der Waals surface area contributed by atoms with Crippen LogP contribution in [0.4, 0.5) is 11.5 Å². The minimum Gasteiger partial charge on any atom is -0.327 e. The summed E-state index contributed by atoms with van der Waals surface area (Å²) in [6.07, 6.45) is 12.7. The molecule has 2 heterocycles. The normalized spacial score (nSPS) is 18.0. The smallest absolute Gasteiger partial charge is 0.150 e. The predicted molar refractivity (Wildman–Crippen MR) is 136 cm³/mol. The number of rotatable bonds is 11. The summed E-state index contributed by atoms with van der Waals surface area (Å²) in [5.74, 6) is 1.98. The van der Waals surface area contributed by atoms with Gasteiger partial charge in [-0.05, 0) is 78.9 Å². The van der Waals surface area contributed by atoms with Crippen molar-refractivity contribution in [2.45, 2.75) is 71.1 Å². The number of fused-ring (bicyclic) bond motifs is 1. The molecule has 0 saturated carbocycles. The van der Waals surface area contributed by atoms with Crippen molar-refractivity contribution in [2.75, 3.05) is 16.8 Å². The summed E-state index contributed by atoms with van der Waals surface area (Å²) in [7, 11) is 0. The summed E-state index contributed by atoms with van der Waals surface area (Å²) in [5.41, 5.74) is 2.56. The van der Waals surface area contributed by atoms with Crippen molar-refractivity contribution >= 4 is 44.8 Å². The quantitative estimate of drug-likeness (QED) is 0.316. The first-order chi connectivity index (χ1) is 15.4. The van der Waals surface area contributed by atoms with E-state index in [1.165, 1.54) is 11.3 Å². The summed E-state index contributed by atoms with van der Waals surface area (Å²) in [5, 5.41) is 4.21. The van der Waals surface area contributed by atoms with E-state index in [-0.39, 0.29) is 11.2 Å². The van der Waals surface area contributed by atoms with E-state index in [2.05, 4.69) is 61.2 Å². The summed E-state index contributed by atoms with van der Waals surface area (Å²) in [6, 6.07) is 6.23. The first kappa shape index (κ1) is 24.7. The van der Waals surface area contributed by atoms with E-state index in [4.69, 9.17) is 11.6 Å². The number of allylic oxidation sites excluding steroid dienone is 1. The molecule has 7 heteroatoms. The van der Waals surface area contributed by atoms with Crippen molar-refractivity contribution in [2.24, 2.45) is 0 Å². The van der Waals surface area contributed by atoms with Gasteiger partial charge in [-0.25, -0.2) is 9.97 Å². The molecule has 2 aromatic rings. The Labute approximate surface area is 204 Å². The van der Waals surface area contributed by atoms with E-state index in [0.717, 1.165) is 55.9 Å². The molecule has 1 aliphatic rings. The zero-order valence-electron chi connectivity index (χ0n) is 19.1. The van der Waals surface area contributed by atoms with Crippen LogP contribution in [0.3, 0.4) is 0 Å². The molecule has 1 aromatic carbocycles. The van der Waals surface area contributed by atoms with Crippen molar-refractivity contribution in [3.63, 3.8) is 0 Å². The van der Waals surface area contributed by atoms with Crippen molar-refractivity contribution in [3.05, 3.63) is 57.7 Å². The van der Waals surface area contributed by atoms with Gasteiger partial charge < -0.3 is 15.0 Å². The van der Waals surface area contributed by atoms with Gasteiger partial charge in [0.1, 0.15) is 22.0 Å². The Bertz CT molecular complexity index is 963. The van der Waals surface area contributed by atoms with Crippen LogP contribution in [0.15, 0.2) is 47.1 Å². The number of benzene rings is 1. The van der Waals surface area contributed by atoms with Gasteiger partial charge in [0.15, 0.2) is 0 Å². The van der Waals surface area contributed by atoms with Crippen LogP contribution in [0.2, 0.25) is 5.02 Å². The minimum absolute atomic E-state index is 0.0438. The number of nitrogens with zero attached hydrogens (tertiary/aromatic N) is 3. The molecule has 172 valence electrons. The number of anilines is 2. The van der Waals surface area contributed by atoms with Gasteiger partial charge in [-0.1, -0.05) is 37.8 Å². The maximum absolute atomic E-state index is 11.2. The third-order valence-corrected chi connectivity index (χ3v) is 6.98. The lowest BCUT2D eigenvalue weighted by Crippen LogP contribution is -2.34. The van der Waals surface area contributed by atoms with Gasteiger partial charge in [-0.3, -0.25) is 0 Å². The Morgan fingerprint density at radius 2 is 2.03 bits per heavy atom. The summed E-state index contributed by atoms with van der Waals surface area (Å²) in [4.78, 5) is 22.2. The van der Waals surface area contributed by atoms with Crippen LogP contribution in [-0.2, 0) is 10.2 Å². The van der Waals surface area contributed by atoms with Crippen molar-refractivity contribution in [1.29, 1.82) is 0 Å². The lowest BCUT2D eigenvalue weighted by atomic mass is 9.75. The highest BCUT2D eigenvalue weighted by atomic mass is 79.9. The van der Waals surface area contributed by atoms with E-state index in [9.17, 15) is 4.79 Å². The highest BCUT2D eigenvalue weighted by molar-refractivity contribution is 9.10. The van der Waals surface area contributed by atoms with Gasteiger partial charge in [-0.15, -0.1) is 0 Å². The Hall–Kier alpha value is -1.92. The van der Waals surface area contributed by atoms with Crippen LogP contribution >= 0.6 is 27.5 Å². The number of nitrogens with one attached hydrogen (secondary N) is 1. The maximum atomic E-state index is 11.2. The van der Waals surface area contributed by atoms with Crippen molar-refractivity contribution in [3.8, 4) is 0 Å². The molecule has 0 spiro atoms. The van der Waals surface area contributed by atoms with E-state index in [1.807, 2.05) is 13.0 Å². The van der Waals surface area contributed by atoms with Gasteiger partial charge in [0.05, 0.1) is 12.4 Å². The number of carbonyl (C=O) groups is 1. The SMILES string of the molecule is CC=C(Nc1cnc(Br)cn1)N1CC(CC)(CCCCCCC(C)=O)c2cc(Cl)ccc21. The van der Waals surface area contributed by atoms with Crippen LogP contribution in [0.5, 0.6) is 0 Å². The van der Waals surface area contributed by atoms with Gasteiger partial charge >= 0.3 is 0 Å². The molecule has 3 rings (SSSR count). The maximum Gasteiger partial charge on any atom is 0.150 e. The van der Waals surface area contributed by atoms with E-state index in [0.29, 0.717) is 16.8 Å². The number of hydrogen-bond donors (Lipinski definition) is 1. The highest BCUT2D eigenvalue weighted by Gasteiger charge is 2.42. The Morgan fingerprint density at radius 1 is 1.25 bits per heavy atom. The second kappa shape index (κ2) is 11.3. The molecule has 0 fully saturated rings. The van der Waals surface area contributed by atoms with Crippen LogP contribution in [0.25, 0.3) is 0 Å². The molecule has 1 N–H and O–H groups in total. The molecule has 1 unspecified atom stereocenters. The molecular weight excluding hydrogens is 488 g/mol. The van der Waals surface area contributed by atoms with E-state index >= 15 is 0 Å². The van der Waals surface area contributed by atoms with Crippen LogP contribution < -0.4 is 10.2 Å². The second-order valence-corrected chi connectivity index (χ2v) is 9.77. The Kier molecular flexibility index (Phi) is 8.72. The molecular formula is C25H32BrClN4O. The van der Waals surface area contributed by atoms with Crippen molar-refractivity contribution < 1.29 is 4.79 Å². The fourth-order valence-corrected chi connectivity index (χ4v) is 4.92. The van der Waals surface area contributed by atoms with Crippen LogP contribution in [0.1, 0.15) is 71.3 Å².